The second-order valence-corrected chi connectivity index (χ2v) is 4.69. The third-order valence-corrected chi connectivity index (χ3v) is 3.78. The lowest BCUT2D eigenvalue weighted by atomic mass is 9.89. The number of rotatable bonds is 2. The van der Waals surface area contributed by atoms with Crippen LogP contribution in [0.5, 0.6) is 0 Å². The van der Waals surface area contributed by atoms with E-state index in [4.69, 9.17) is 4.74 Å². The fraction of sp³-hybridized carbons (Fsp3) is 0.357. The summed E-state index contributed by atoms with van der Waals surface area (Å²) in [5.41, 5.74) is 0.114. The first-order valence-electron chi connectivity index (χ1n) is 6.12. The topological polar surface area (TPSA) is 51.5 Å². The quantitative estimate of drug-likeness (QED) is 0.882. The van der Waals surface area contributed by atoms with Crippen LogP contribution in [0.15, 0.2) is 36.5 Å². The van der Waals surface area contributed by atoms with Gasteiger partial charge in [0.05, 0.1) is 0 Å². The maximum atomic E-state index is 11.7. The number of carboxylic acids is 1. The van der Waals surface area contributed by atoms with Crippen molar-refractivity contribution in [3.05, 3.63) is 36.5 Å². The molecule has 2 aromatic rings. The molecule has 1 aromatic carbocycles. The van der Waals surface area contributed by atoms with Crippen molar-refractivity contribution in [2.24, 2.45) is 0 Å². The predicted octanol–water partition coefficient (Wildman–Crippen LogP) is 2.23. The van der Waals surface area contributed by atoms with Gasteiger partial charge in [-0.05, 0) is 17.5 Å². The summed E-state index contributed by atoms with van der Waals surface area (Å²) in [6.07, 6.45) is 2.91. The van der Waals surface area contributed by atoms with Crippen LogP contribution in [0.2, 0.25) is 0 Å². The van der Waals surface area contributed by atoms with Crippen LogP contribution in [0.4, 0.5) is 0 Å². The van der Waals surface area contributed by atoms with Gasteiger partial charge in [-0.3, -0.25) is 0 Å². The monoisotopic (exact) mass is 245 g/mol. The minimum atomic E-state index is -0.860. The van der Waals surface area contributed by atoms with Crippen molar-refractivity contribution >= 4 is 16.9 Å². The van der Waals surface area contributed by atoms with Gasteiger partial charge in [0.15, 0.2) is 0 Å². The van der Waals surface area contributed by atoms with Gasteiger partial charge >= 0.3 is 5.97 Å². The van der Waals surface area contributed by atoms with E-state index in [1.807, 2.05) is 41.1 Å². The van der Waals surface area contributed by atoms with E-state index in [-0.39, 0.29) is 0 Å². The molecular weight excluding hydrogens is 230 g/mol. The number of carbonyl (C=O) groups is 1. The Balaban J connectivity index is 2.18. The third kappa shape index (κ3) is 1.53. The molecule has 2 heterocycles. The van der Waals surface area contributed by atoms with Gasteiger partial charge in [-0.2, -0.15) is 0 Å². The first-order valence-corrected chi connectivity index (χ1v) is 6.12. The summed E-state index contributed by atoms with van der Waals surface area (Å²) in [5.74, 6) is -0.771. The molecule has 0 atom stereocenters. The van der Waals surface area contributed by atoms with E-state index < -0.39 is 11.5 Å². The summed E-state index contributed by atoms with van der Waals surface area (Å²) in [6.45, 7) is 0.998. The van der Waals surface area contributed by atoms with Crippen molar-refractivity contribution in [3.8, 4) is 0 Å². The fourth-order valence-corrected chi connectivity index (χ4v) is 2.72. The maximum Gasteiger partial charge on any atom is 0.330 e. The Morgan fingerprint density at radius 1 is 1.22 bits per heavy atom. The molecule has 1 fully saturated rings. The van der Waals surface area contributed by atoms with E-state index in [0.717, 1.165) is 10.9 Å². The fourth-order valence-electron chi connectivity index (χ4n) is 2.72. The number of aromatic nitrogens is 1. The van der Waals surface area contributed by atoms with Gasteiger partial charge in [0.1, 0.15) is 5.54 Å². The van der Waals surface area contributed by atoms with Crippen LogP contribution >= 0.6 is 0 Å². The zero-order chi connectivity index (χ0) is 12.6. The summed E-state index contributed by atoms with van der Waals surface area (Å²) in [4.78, 5) is 11.7. The molecule has 1 N–H and O–H groups in total. The van der Waals surface area contributed by atoms with Crippen LogP contribution < -0.4 is 0 Å². The molecule has 4 nitrogen and oxygen atoms in total. The second kappa shape index (κ2) is 4.14. The molecule has 18 heavy (non-hydrogen) atoms. The number of ether oxygens (including phenoxy) is 1. The van der Waals surface area contributed by atoms with Crippen molar-refractivity contribution < 1.29 is 14.6 Å². The van der Waals surface area contributed by atoms with E-state index in [9.17, 15) is 9.90 Å². The zero-order valence-electron chi connectivity index (χ0n) is 10.0. The molecule has 0 spiro atoms. The summed E-state index contributed by atoms with van der Waals surface area (Å²) in [6, 6.07) is 9.84. The van der Waals surface area contributed by atoms with E-state index >= 15 is 0 Å². The molecule has 1 aliphatic rings. The van der Waals surface area contributed by atoms with Crippen LogP contribution in [0, 0.1) is 0 Å². The Kier molecular flexibility index (Phi) is 2.59. The molecule has 1 saturated heterocycles. The van der Waals surface area contributed by atoms with Crippen LogP contribution in [0.3, 0.4) is 0 Å². The molecule has 1 aromatic heterocycles. The lowest BCUT2D eigenvalue weighted by Crippen LogP contribution is -2.46. The lowest BCUT2D eigenvalue weighted by molar-refractivity contribution is -0.152. The molecule has 0 bridgehead atoms. The second-order valence-electron chi connectivity index (χ2n) is 4.69. The summed E-state index contributed by atoms with van der Waals surface area (Å²) in [7, 11) is 0. The highest BCUT2D eigenvalue weighted by molar-refractivity contribution is 5.85. The van der Waals surface area contributed by atoms with Gasteiger partial charge in [0, 0.05) is 37.8 Å². The minimum Gasteiger partial charge on any atom is -0.479 e. The number of fused-ring (bicyclic) bond motifs is 1. The van der Waals surface area contributed by atoms with Crippen molar-refractivity contribution in [2.75, 3.05) is 13.2 Å². The van der Waals surface area contributed by atoms with Crippen LogP contribution in [-0.4, -0.2) is 28.9 Å². The van der Waals surface area contributed by atoms with Gasteiger partial charge in [0.25, 0.3) is 0 Å². The number of carboxylic acid groups (broad SMARTS) is 1. The Labute approximate surface area is 105 Å². The summed E-state index contributed by atoms with van der Waals surface area (Å²) in [5, 5.41) is 10.7. The largest absolute Gasteiger partial charge is 0.479 e. The molecule has 1 aliphatic heterocycles. The number of hydrogen-bond donors (Lipinski definition) is 1. The molecule has 0 aliphatic carbocycles. The van der Waals surface area contributed by atoms with Crippen LogP contribution in [0.1, 0.15) is 12.8 Å². The number of nitrogens with zero attached hydrogens (tertiary/aromatic N) is 1. The summed E-state index contributed by atoms with van der Waals surface area (Å²) >= 11 is 0. The van der Waals surface area contributed by atoms with Gasteiger partial charge in [-0.25, -0.2) is 4.79 Å². The van der Waals surface area contributed by atoms with E-state index in [2.05, 4.69) is 0 Å². The molecule has 0 radical (unpaired) electrons. The zero-order valence-corrected chi connectivity index (χ0v) is 10.0. The molecular formula is C14H15NO3. The smallest absolute Gasteiger partial charge is 0.330 e. The third-order valence-electron chi connectivity index (χ3n) is 3.78. The van der Waals surface area contributed by atoms with E-state index in [1.165, 1.54) is 0 Å². The Bertz CT molecular complexity index is 581. The van der Waals surface area contributed by atoms with Crippen molar-refractivity contribution in [2.45, 2.75) is 18.4 Å². The first kappa shape index (κ1) is 11.3. The van der Waals surface area contributed by atoms with Crippen molar-refractivity contribution in [1.82, 2.24) is 4.57 Å². The predicted molar refractivity (Wildman–Crippen MR) is 67.6 cm³/mol. The number of hydrogen-bond acceptors (Lipinski definition) is 2. The molecule has 4 heteroatoms. The molecule has 94 valence electrons. The molecule has 3 rings (SSSR count). The Morgan fingerprint density at radius 2 is 1.94 bits per heavy atom. The maximum absolute atomic E-state index is 11.7. The van der Waals surface area contributed by atoms with Crippen LogP contribution in [0.25, 0.3) is 10.9 Å². The van der Waals surface area contributed by atoms with E-state index in [0.29, 0.717) is 26.1 Å². The average molecular weight is 245 g/mol. The molecule has 0 amide bonds. The highest BCUT2D eigenvalue weighted by Crippen LogP contribution is 2.33. The minimum absolute atomic E-state index is 0.499. The first-order chi connectivity index (χ1) is 8.74. The Hall–Kier alpha value is -1.81. The molecule has 0 unspecified atom stereocenters. The van der Waals surface area contributed by atoms with E-state index in [1.54, 1.807) is 0 Å². The standard InChI is InChI=1S/C14H15NO3/c16-13(17)14(6-9-18-10-7-14)15-8-5-11-3-1-2-4-12(11)15/h1-5,8H,6-7,9-10H2,(H,16,17). The molecule has 0 saturated carbocycles. The van der Waals surface area contributed by atoms with Gasteiger partial charge < -0.3 is 14.4 Å². The summed E-state index contributed by atoms with van der Waals surface area (Å²) < 4.78 is 7.20. The normalized spacial score (nSPS) is 18.9. The SMILES string of the molecule is O=C(O)C1(n2ccc3ccccc32)CCOCC1. The number of aliphatic carboxylic acids is 1. The highest BCUT2D eigenvalue weighted by atomic mass is 16.5. The van der Waals surface area contributed by atoms with Crippen molar-refractivity contribution in [1.29, 1.82) is 0 Å². The van der Waals surface area contributed by atoms with Gasteiger partial charge in [-0.15, -0.1) is 0 Å². The number of para-hydroxylation sites is 1. The van der Waals surface area contributed by atoms with Crippen molar-refractivity contribution in [3.63, 3.8) is 0 Å². The Morgan fingerprint density at radius 3 is 2.67 bits per heavy atom. The highest BCUT2D eigenvalue weighted by Gasteiger charge is 2.42. The van der Waals surface area contributed by atoms with Crippen LogP contribution in [-0.2, 0) is 15.1 Å². The average Bonchev–Trinajstić information content (AvgIpc) is 2.83. The van der Waals surface area contributed by atoms with Gasteiger partial charge in [0.2, 0.25) is 0 Å². The lowest BCUT2D eigenvalue weighted by Gasteiger charge is -2.35. The van der Waals surface area contributed by atoms with Gasteiger partial charge in [-0.1, -0.05) is 18.2 Å². The number of benzene rings is 1.